The van der Waals surface area contributed by atoms with Gasteiger partial charge in [0.05, 0.1) is 6.54 Å². The molecule has 1 unspecified atom stereocenters. The van der Waals surface area contributed by atoms with E-state index in [4.69, 9.17) is 0 Å². The Bertz CT molecular complexity index is 233. The van der Waals surface area contributed by atoms with Gasteiger partial charge < -0.3 is 15.5 Å². The SMILES string of the molecule is CC(CNC1=NCCN1)CN1CCCCC1. The number of hydrogen-bond donors (Lipinski definition) is 2. The Labute approximate surface area is 98.5 Å². The maximum atomic E-state index is 4.34. The number of likely N-dealkylation sites (tertiary alicyclic amines) is 1. The Morgan fingerprint density at radius 3 is 2.88 bits per heavy atom. The zero-order chi connectivity index (χ0) is 11.2. The fourth-order valence-electron chi connectivity index (χ4n) is 2.43. The van der Waals surface area contributed by atoms with Gasteiger partial charge in [-0.2, -0.15) is 0 Å². The van der Waals surface area contributed by atoms with Crippen LogP contribution >= 0.6 is 0 Å². The van der Waals surface area contributed by atoms with E-state index in [2.05, 4.69) is 27.4 Å². The molecule has 2 aliphatic heterocycles. The maximum absolute atomic E-state index is 4.34. The molecule has 4 nitrogen and oxygen atoms in total. The van der Waals surface area contributed by atoms with Crippen molar-refractivity contribution in [2.75, 3.05) is 39.3 Å². The van der Waals surface area contributed by atoms with Crippen LogP contribution in [0.2, 0.25) is 0 Å². The van der Waals surface area contributed by atoms with Crippen LogP contribution in [-0.2, 0) is 0 Å². The molecule has 2 N–H and O–H groups in total. The van der Waals surface area contributed by atoms with Crippen LogP contribution in [0, 0.1) is 5.92 Å². The molecule has 16 heavy (non-hydrogen) atoms. The van der Waals surface area contributed by atoms with Crippen LogP contribution in [0.25, 0.3) is 0 Å². The molecule has 0 saturated carbocycles. The van der Waals surface area contributed by atoms with E-state index in [0.717, 1.165) is 25.6 Å². The summed E-state index contributed by atoms with van der Waals surface area (Å²) in [4.78, 5) is 6.93. The monoisotopic (exact) mass is 224 g/mol. The maximum Gasteiger partial charge on any atom is 0.191 e. The lowest BCUT2D eigenvalue weighted by Crippen LogP contribution is -2.40. The van der Waals surface area contributed by atoms with Gasteiger partial charge in [-0.3, -0.25) is 4.99 Å². The third-order valence-electron chi connectivity index (χ3n) is 3.31. The van der Waals surface area contributed by atoms with Crippen molar-refractivity contribution in [1.82, 2.24) is 15.5 Å². The minimum Gasteiger partial charge on any atom is -0.356 e. The molecule has 0 bridgehead atoms. The summed E-state index contributed by atoms with van der Waals surface area (Å²) in [6, 6.07) is 0. The van der Waals surface area contributed by atoms with Gasteiger partial charge in [0.25, 0.3) is 0 Å². The van der Waals surface area contributed by atoms with Gasteiger partial charge >= 0.3 is 0 Å². The number of piperidine rings is 1. The second kappa shape index (κ2) is 6.09. The van der Waals surface area contributed by atoms with Crippen molar-refractivity contribution in [2.24, 2.45) is 10.9 Å². The molecule has 0 aromatic carbocycles. The summed E-state index contributed by atoms with van der Waals surface area (Å²) in [7, 11) is 0. The Hall–Kier alpha value is -0.770. The molecule has 0 aliphatic carbocycles. The average molecular weight is 224 g/mol. The normalized spacial score (nSPS) is 23.7. The summed E-state index contributed by atoms with van der Waals surface area (Å²) in [6.07, 6.45) is 4.19. The number of aliphatic imine (C=N–C) groups is 1. The van der Waals surface area contributed by atoms with E-state index >= 15 is 0 Å². The number of guanidine groups is 1. The largest absolute Gasteiger partial charge is 0.356 e. The molecule has 4 heteroatoms. The first kappa shape index (κ1) is 11.7. The lowest BCUT2D eigenvalue weighted by atomic mass is 10.1. The highest BCUT2D eigenvalue weighted by atomic mass is 15.2. The van der Waals surface area contributed by atoms with Crippen molar-refractivity contribution in [1.29, 1.82) is 0 Å². The van der Waals surface area contributed by atoms with Crippen LogP contribution in [0.3, 0.4) is 0 Å². The molecule has 1 fully saturated rings. The van der Waals surface area contributed by atoms with E-state index in [1.54, 1.807) is 0 Å². The molecule has 2 aliphatic rings. The predicted molar refractivity (Wildman–Crippen MR) is 67.8 cm³/mol. The van der Waals surface area contributed by atoms with Crippen molar-refractivity contribution in [3.8, 4) is 0 Å². The summed E-state index contributed by atoms with van der Waals surface area (Å²) < 4.78 is 0. The molecule has 0 radical (unpaired) electrons. The zero-order valence-electron chi connectivity index (χ0n) is 10.3. The summed E-state index contributed by atoms with van der Waals surface area (Å²) in [5.74, 6) is 1.69. The van der Waals surface area contributed by atoms with Crippen molar-refractivity contribution in [3.63, 3.8) is 0 Å². The smallest absolute Gasteiger partial charge is 0.191 e. The molecule has 2 rings (SSSR count). The van der Waals surface area contributed by atoms with Crippen molar-refractivity contribution < 1.29 is 0 Å². The molecule has 92 valence electrons. The topological polar surface area (TPSA) is 39.7 Å². The minimum absolute atomic E-state index is 0.697. The van der Waals surface area contributed by atoms with Gasteiger partial charge in [-0.1, -0.05) is 13.3 Å². The van der Waals surface area contributed by atoms with Gasteiger partial charge in [-0.15, -0.1) is 0 Å². The van der Waals surface area contributed by atoms with Gasteiger partial charge in [0, 0.05) is 19.6 Å². The number of hydrogen-bond acceptors (Lipinski definition) is 4. The second-order valence-electron chi connectivity index (χ2n) is 5.00. The molecular formula is C12H24N4. The Balaban J connectivity index is 1.61. The number of nitrogens with one attached hydrogen (secondary N) is 2. The van der Waals surface area contributed by atoms with Crippen LogP contribution < -0.4 is 10.6 Å². The minimum atomic E-state index is 0.697. The molecule has 2 heterocycles. The first-order valence-electron chi connectivity index (χ1n) is 6.59. The van der Waals surface area contributed by atoms with Gasteiger partial charge in [-0.25, -0.2) is 0 Å². The summed E-state index contributed by atoms with van der Waals surface area (Å²) >= 11 is 0. The Kier molecular flexibility index (Phi) is 4.45. The van der Waals surface area contributed by atoms with E-state index < -0.39 is 0 Å². The number of nitrogens with zero attached hydrogens (tertiary/aromatic N) is 2. The summed E-state index contributed by atoms with van der Waals surface area (Å²) in [5, 5.41) is 6.62. The van der Waals surface area contributed by atoms with E-state index in [1.165, 1.54) is 38.9 Å². The lowest BCUT2D eigenvalue weighted by Gasteiger charge is -2.29. The van der Waals surface area contributed by atoms with Crippen LogP contribution in [0.5, 0.6) is 0 Å². The number of rotatable bonds is 4. The highest BCUT2D eigenvalue weighted by Gasteiger charge is 2.14. The van der Waals surface area contributed by atoms with Crippen LogP contribution in [0.15, 0.2) is 4.99 Å². The quantitative estimate of drug-likeness (QED) is 0.737. The Morgan fingerprint density at radius 1 is 1.38 bits per heavy atom. The van der Waals surface area contributed by atoms with Crippen LogP contribution in [-0.4, -0.2) is 50.1 Å². The van der Waals surface area contributed by atoms with E-state index in [-0.39, 0.29) is 0 Å². The zero-order valence-corrected chi connectivity index (χ0v) is 10.3. The van der Waals surface area contributed by atoms with E-state index in [0.29, 0.717) is 5.92 Å². The third-order valence-corrected chi connectivity index (χ3v) is 3.31. The van der Waals surface area contributed by atoms with E-state index in [1.807, 2.05) is 0 Å². The summed E-state index contributed by atoms with van der Waals surface area (Å²) in [6.45, 7) is 9.07. The molecule has 1 atom stereocenters. The molecular weight excluding hydrogens is 200 g/mol. The fourth-order valence-corrected chi connectivity index (χ4v) is 2.43. The third kappa shape index (κ3) is 3.67. The Morgan fingerprint density at radius 2 is 2.19 bits per heavy atom. The van der Waals surface area contributed by atoms with Gasteiger partial charge in [0.15, 0.2) is 5.96 Å². The fraction of sp³-hybridized carbons (Fsp3) is 0.917. The molecule has 0 amide bonds. The molecule has 0 aromatic heterocycles. The predicted octanol–water partition coefficient (Wildman–Crippen LogP) is 0.657. The van der Waals surface area contributed by atoms with Crippen LogP contribution in [0.4, 0.5) is 0 Å². The van der Waals surface area contributed by atoms with E-state index in [9.17, 15) is 0 Å². The average Bonchev–Trinajstić information content (AvgIpc) is 2.81. The summed E-state index contributed by atoms with van der Waals surface area (Å²) in [5.41, 5.74) is 0. The highest BCUT2D eigenvalue weighted by Crippen LogP contribution is 2.10. The first-order chi connectivity index (χ1) is 7.84. The van der Waals surface area contributed by atoms with Crippen molar-refractivity contribution >= 4 is 5.96 Å². The molecule has 0 aromatic rings. The van der Waals surface area contributed by atoms with Crippen molar-refractivity contribution in [3.05, 3.63) is 0 Å². The molecule has 0 spiro atoms. The second-order valence-corrected chi connectivity index (χ2v) is 5.00. The van der Waals surface area contributed by atoms with Gasteiger partial charge in [0.1, 0.15) is 0 Å². The lowest BCUT2D eigenvalue weighted by molar-refractivity contribution is 0.201. The van der Waals surface area contributed by atoms with Crippen molar-refractivity contribution in [2.45, 2.75) is 26.2 Å². The van der Waals surface area contributed by atoms with Gasteiger partial charge in [-0.05, 0) is 31.8 Å². The first-order valence-corrected chi connectivity index (χ1v) is 6.59. The molecule has 1 saturated heterocycles. The standard InChI is InChI=1S/C12H24N4/c1-11(9-15-12-13-5-6-14-12)10-16-7-3-2-4-8-16/h11H,2-10H2,1H3,(H2,13,14,15). The van der Waals surface area contributed by atoms with Gasteiger partial charge in [0.2, 0.25) is 0 Å². The van der Waals surface area contributed by atoms with Crippen LogP contribution in [0.1, 0.15) is 26.2 Å². The highest BCUT2D eigenvalue weighted by molar-refractivity contribution is 5.81.